The van der Waals surface area contributed by atoms with Gasteiger partial charge in [0.25, 0.3) is 0 Å². The Morgan fingerprint density at radius 3 is 3.00 bits per heavy atom. The van der Waals surface area contributed by atoms with Crippen molar-refractivity contribution in [1.82, 2.24) is 15.5 Å². The third-order valence-electron chi connectivity index (χ3n) is 3.66. The second kappa shape index (κ2) is 7.58. The van der Waals surface area contributed by atoms with Gasteiger partial charge in [0.2, 0.25) is 0 Å². The fourth-order valence-corrected chi connectivity index (χ4v) is 2.51. The summed E-state index contributed by atoms with van der Waals surface area (Å²) in [5.74, 6) is -0.0973. The van der Waals surface area contributed by atoms with Crippen molar-refractivity contribution in [3.05, 3.63) is 35.6 Å². The minimum absolute atomic E-state index is 0.0973. The molecule has 0 bridgehead atoms. The average Bonchev–Trinajstić information content (AvgIpc) is 2.40. The van der Waals surface area contributed by atoms with E-state index in [1.54, 1.807) is 6.07 Å². The van der Waals surface area contributed by atoms with Crippen LogP contribution in [0.5, 0.6) is 0 Å². The maximum atomic E-state index is 13.4. The molecule has 1 saturated heterocycles. The molecule has 0 aromatic heterocycles. The van der Waals surface area contributed by atoms with E-state index in [4.69, 9.17) is 0 Å². The van der Waals surface area contributed by atoms with Crippen LogP contribution in [0, 0.1) is 5.82 Å². The van der Waals surface area contributed by atoms with Crippen molar-refractivity contribution in [1.29, 1.82) is 0 Å². The van der Waals surface area contributed by atoms with Gasteiger partial charge >= 0.3 is 0 Å². The summed E-state index contributed by atoms with van der Waals surface area (Å²) in [7, 11) is 2.17. The molecule has 1 fully saturated rings. The van der Waals surface area contributed by atoms with Crippen molar-refractivity contribution in [2.75, 3.05) is 39.8 Å². The van der Waals surface area contributed by atoms with Gasteiger partial charge in [-0.2, -0.15) is 0 Å². The highest BCUT2D eigenvalue weighted by Gasteiger charge is 2.15. The summed E-state index contributed by atoms with van der Waals surface area (Å²) in [4.78, 5) is 2.36. The van der Waals surface area contributed by atoms with Crippen LogP contribution in [0.15, 0.2) is 24.3 Å². The lowest BCUT2D eigenvalue weighted by molar-refractivity contribution is 0.231. The molecule has 1 aromatic carbocycles. The highest BCUT2D eigenvalue weighted by molar-refractivity contribution is 5.17. The molecule has 1 unspecified atom stereocenters. The molecule has 1 aliphatic rings. The molecule has 1 atom stereocenters. The zero-order valence-electron chi connectivity index (χ0n) is 11.7. The predicted octanol–water partition coefficient (Wildman–Crippen LogP) is 1.25. The number of rotatable bonds is 6. The monoisotopic (exact) mass is 265 g/mol. The molecule has 1 aromatic rings. The highest BCUT2D eigenvalue weighted by atomic mass is 19.1. The summed E-state index contributed by atoms with van der Waals surface area (Å²) < 4.78 is 13.4. The molecule has 1 heterocycles. The average molecular weight is 265 g/mol. The Labute approximate surface area is 115 Å². The van der Waals surface area contributed by atoms with E-state index in [0.29, 0.717) is 6.04 Å². The first-order valence-corrected chi connectivity index (χ1v) is 7.12. The SMILES string of the molecule is CN1CCNC(CCNCCc2ccccc2F)C1. The second-order valence-corrected chi connectivity index (χ2v) is 5.29. The predicted molar refractivity (Wildman–Crippen MR) is 76.9 cm³/mol. The van der Waals surface area contributed by atoms with E-state index in [-0.39, 0.29) is 5.82 Å². The van der Waals surface area contributed by atoms with E-state index >= 15 is 0 Å². The molecule has 2 N–H and O–H groups in total. The van der Waals surface area contributed by atoms with E-state index in [1.807, 2.05) is 12.1 Å². The standard InChI is InChI=1S/C15H24FN3/c1-19-11-10-18-14(12-19)7-9-17-8-6-13-4-2-3-5-15(13)16/h2-5,14,17-18H,6-12H2,1H3. The van der Waals surface area contributed by atoms with Gasteiger partial charge in [-0.15, -0.1) is 0 Å². The van der Waals surface area contributed by atoms with E-state index in [1.165, 1.54) is 6.07 Å². The first kappa shape index (κ1) is 14.4. The topological polar surface area (TPSA) is 27.3 Å². The largest absolute Gasteiger partial charge is 0.316 e. The zero-order chi connectivity index (χ0) is 13.5. The van der Waals surface area contributed by atoms with Crippen LogP contribution in [0.2, 0.25) is 0 Å². The first-order valence-electron chi connectivity index (χ1n) is 7.12. The molecular weight excluding hydrogens is 241 g/mol. The van der Waals surface area contributed by atoms with Crippen molar-refractivity contribution in [3.8, 4) is 0 Å². The smallest absolute Gasteiger partial charge is 0.126 e. The van der Waals surface area contributed by atoms with Gasteiger partial charge in [0, 0.05) is 25.7 Å². The Morgan fingerprint density at radius 1 is 1.37 bits per heavy atom. The summed E-state index contributed by atoms with van der Waals surface area (Å²) in [6.07, 6.45) is 1.88. The first-order chi connectivity index (χ1) is 9.25. The molecule has 0 amide bonds. The molecule has 0 spiro atoms. The molecule has 19 heavy (non-hydrogen) atoms. The van der Waals surface area contributed by atoms with Crippen LogP contribution in [0.4, 0.5) is 4.39 Å². The molecule has 3 nitrogen and oxygen atoms in total. The quantitative estimate of drug-likeness (QED) is 0.758. The van der Waals surface area contributed by atoms with Crippen molar-refractivity contribution < 1.29 is 4.39 Å². The maximum absolute atomic E-state index is 13.4. The number of halogens is 1. The van der Waals surface area contributed by atoms with Crippen LogP contribution in [-0.4, -0.2) is 50.7 Å². The minimum atomic E-state index is -0.0973. The third-order valence-corrected chi connectivity index (χ3v) is 3.66. The number of hydrogen-bond acceptors (Lipinski definition) is 3. The number of likely N-dealkylation sites (N-methyl/N-ethyl adjacent to an activating group) is 1. The number of nitrogens with zero attached hydrogens (tertiary/aromatic N) is 1. The lowest BCUT2D eigenvalue weighted by atomic mass is 10.1. The number of nitrogens with one attached hydrogen (secondary N) is 2. The van der Waals surface area contributed by atoms with Gasteiger partial charge in [0.15, 0.2) is 0 Å². The molecule has 0 radical (unpaired) electrons. The van der Waals surface area contributed by atoms with Crippen molar-refractivity contribution in [2.45, 2.75) is 18.9 Å². The Kier molecular flexibility index (Phi) is 5.76. The van der Waals surface area contributed by atoms with Crippen LogP contribution >= 0.6 is 0 Å². The van der Waals surface area contributed by atoms with Crippen LogP contribution in [-0.2, 0) is 6.42 Å². The normalized spacial score (nSPS) is 20.6. The molecular formula is C15H24FN3. The Morgan fingerprint density at radius 2 is 2.21 bits per heavy atom. The van der Waals surface area contributed by atoms with Gasteiger partial charge < -0.3 is 15.5 Å². The summed E-state index contributed by atoms with van der Waals surface area (Å²) in [6, 6.07) is 7.59. The van der Waals surface area contributed by atoms with Crippen LogP contribution in [0.3, 0.4) is 0 Å². The third kappa shape index (κ3) is 4.90. The Hall–Kier alpha value is -0.970. The Balaban J connectivity index is 1.58. The summed E-state index contributed by atoms with van der Waals surface area (Å²) in [5, 5.41) is 6.92. The van der Waals surface area contributed by atoms with Gasteiger partial charge in [-0.05, 0) is 44.6 Å². The zero-order valence-corrected chi connectivity index (χ0v) is 11.7. The summed E-state index contributed by atoms with van der Waals surface area (Å²) in [6.45, 7) is 5.16. The van der Waals surface area contributed by atoms with E-state index in [2.05, 4.69) is 22.6 Å². The van der Waals surface area contributed by atoms with Gasteiger partial charge in [-0.25, -0.2) is 4.39 Å². The fraction of sp³-hybridized carbons (Fsp3) is 0.600. The van der Waals surface area contributed by atoms with Crippen LogP contribution in [0.1, 0.15) is 12.0 Å². The fourth-order valence-electron chi connectivity index (χ4n) is 2.51. The van der Waals surface area contributed by atoms with E-state index < -0.39 is 0 Å². The van der Waals surface area contributed by atoms with Crippen LogP contribution in [0.25, 0.3) is 0 Å². The second-order valence-electron chi connectivity index (χ2n) is 5.29. The lowest BCUT2D eigenvalue weighted by Gasteiger charge is -2.30. The van der Waals surface area contributed by atoms with Crippen molar-refractivity contribution in [2.24, 2.45) is 0 Å². The molecule has 106 valence electrons. The maximum Gasteiger partial charge on any atom is 0.126 e. The van der Waals surface area contributed by atoms with Crippen LogP contribution < -0.4 is 10.6 Å². The Bertz CT molecular complexity index is 383. The van der Waals surface area contributed by atoms with Gasteiger partial charge in [-0.1, -0.05) is 18.2 Å². The molecule has 1 aliphatic heterocycles. The summed E-state index contributed by atoms with van der Waals surface area (Å²) in [5.41, 5.74) is 0.797. The number of piperazine rings is 1. The molecule has 0 saturated carbocycles. The number of benzene rings is 1. The molecule has 4 heteroatoms. The van der Waals surface area contributed by atoms with E-state index in [9.17, 15) is 4.39 Å². The summed E-state index contributed by atoms with van der Waals surface area (Å²) >= 11 is 0. The molecule has 2 rings (SSSR count). The van der Waals surface area contributed by atoms with Gasteiger partial charge in [0.1, 0.15) is 5.82 Å². The van der Waals surface area contributed by atoms with Crippen molar-refractivity contribution >= 4 is 0 Å². The molecule has 0 aliphatic carbocycles. The lowest BCUT2D eigenvalue weighted by Crippen LogP contribution is -2.49. The van der Waals surface area contributed by atoms with Gasteiger partial charge in [-0.3, -0.25) is 0 Å². The van der Waals surface area contributed by atoms with E-state index in [0.717, 1.165) is 51.1 Å². The van der Waals surface area contributed by atoms with Crippen molar-refractivity contribution in [3.63, 3.8) is 0 Å². The number of hydrogen-bond donors (Lipinski definition) is 2. The minimum Gasteiger partial charge on any atom is -0.316 e. The van der Waals surface area contributed by atoms with Gasteiger partial charge in [0.05, 0.1) is 0 Å². The highest BCUT2D eigenvalue weighted by Crippen LogP contribution is 2.06.